The fourth-order valence-electron chi connectivity index (χ4n) is 4.27. The Morgan fingerprint density at radius 1 is 0.812 bits per heavy atom. The molecule has 0 fully saturated rings. The van der Waals surface area contributed by atoms with Crippen molar-refractivity contribution in [3.8, 4) is 0 Å². The Labute approximate surface area is 192 Å². The van der Waals surface area contributed by atoms with Gasteiger partial charge in [0.05, 0.1) is 50.8 Å². The molecular formula is C23H43NO8. The summed E-state index contributed by atoms with van der Waals surface area (Å²) in [6, 6.07) is -0.558. The summed E-state index contributed by atoms with van der Waals surface area (Å²) < 4.78 is 17.4. The third-order valence-electron chi connectivity index (χ3n) is 5.02. The van der Waals surface area contributed by atoms with Gasteiger partial charge in [-0.2, -0.15) is 0 Å². The van der Waals surface area contributed by atoms with E-state index in [1.165, 1.54) is 0 Å². The van der Waals surface area contributed by atoms with Gasteiger partial charge in [-0.25, -0.2) is 0 Å². The van der Waals surface area contributed by atoms with Crippen LogP contribution in [0.4, 0.5) is 0 Å². The second-order valence-electron chi connectivity index (χ2n) is 11.0. The van der Waals surface area contributed by atoms with Crippen molar-refractivity contribution in [1.29, 1.82) is 0 Å². The maximum atomic E-state index is 12.4. The van der Waals surface area contributed by atoms with E-state index in [-0.39, 0.29) is 39.2 Å². The second-order valence-corrected chi connectivity index (χ2v) is 11.0. The number of carboxylic acid groups (broad SMARTS) is 2. The Kier molecular flexibility index (Phi) is 11.3. The van der Waals surface area contributed by atoms with Crippen LogP contribution in [0.3, 0.4) is 0 Å². The predicted molar refractivity (Wildman–Crippen MR) is 121 cm³/mol. The van der Waals surface area contributed by atoms with E-state index in [0.717, 1.165) is 0 Å². The zero-order chi connectivity index (χ0) is 25.4. The molecule has 1 atom stereocenters. The van der Waals surface area contributed by atoms with E-state index < -0.39 is 46.0 Å². The molecule has 0 spiro atoms. The Hall–Kier alpha value is -1.71. The van der Waals surface area contributed by atoms with Crippen molar-refractivity contribution in [1.82, 2.24) is 5.32 Å². The summed E-state index contributed by atoms with van der Waals surface area (Å²) in [6.07, 6.45) is -0.330. The number of hydrogen-bond acceptors (Lipinski definition) is 7. The van der Waals surface area contributed by atoms with Crippen molar-refractivity contribution in [3.05, 3.63) is 0 Å². The summed E-state index contributed by atoms with van der Waals surface area (Å²) in [7, 11) is 0. The molecule has 0 aliphatic heterocycles. The minimum Gasteiger partial charge on any atom is -0.481 e. The first-order chi connectivity index (χ1) is 14.3. The Morgan fingerprint density at radius 2 is 1.28 bits per heavy atom. The first-order valence-electron chi connectivity index (χ1n) is 10.9. The maximum Gasteiger partial charge on any atom is 0.320 e. The van der Waals surface area contributed by atoms with Crippen LogP contribution in [0, 0.1) is 10.8 Å². The van der Waals surface area contributed by atoms with Gasteiger partial charge in [0.15, 0.2) is 0 Å². The number of carbonyl (C=O) groups is 3. The first-order valence-corrected chi connectivity index (χ1v) is 10.9. The van der Waals surface area contributed by atoms with Gasteiger partial charge < -0.3 is 24.4 Å². The van der Waals surface area contributed by atoms with Crippen molar-refractivity contribution >= 4 is 17.9 Å². The van der Waals surface area contributed by atoms with Gasteiger partial charge >= 0.3 is 17.9 Å². The van der Waals surface area contributed by atoms with E-state index in [1.807, 2.05) is 41.5 Å². The standard InChI is InChI=1S/C23H43NO8/c1-20(2,3)23(21(4,5)6,31-13-11-18(27)28)16(15-30-12-10-17(25)26)24-14-19(29)32-22(7,8)9/h16,24H,10-15H2,1-9H3,(H,25,26)(H,27,28). The zero-order valence-electron chi connectivity index (χ0n) is 21.2. The molecule has 0 radical (unpaired) electrons. The minimum absolute atomic E-state index is 0.000553. The SMILES string of the molecule is CC(C)(C)OC(=O)CNC(COCCC(=O)O)C(OCCC(=O)O)(C(C)(C)C)C(C)(C)C. The molecule has 0 aromatic heterocycles. The Bertz CT molecular complexity index is 611. The molecule has 0 amide bonds. The normalized spacial score (nSPS) is 14.2. The van der Waals surface area contributed by atoms with E-state index in [4.69, 9.17) is 24.4 Å². The molecule has 32 heavy (non-hydrogen) atoms. The lowest BCUT2D eigenvalue weighted by Gasteiger charge is -2.57. The van der Waals surface area contributed by atoms with E-state index >= 15 is 0 Å². The van der Waals surface area contributed by atoms with Crippen LogP contribution >= 0.6 is 0 Å². The molecule has 0 rings (SSSR count). The Morgan fingerprint density at radius 3 is 1.69 bits per heavy atom. The summed E-state index contributed by atoms with van der Waals surface area (Å²) in [5.41, 5.74) is -2.63. The van der Waals surface area contributed by atoms with Gasteiger partial charge in [0.1, 0.15) is 5.60 Å². The average Bonchev–Trinajstić information content (AvgIpc) is 2.54. The number of esters is 1. The minimum atomic E-state index is -0.974. The molecular weight excluding hydrogens is 418 g/mol. The molecule has 0 aliphatic carbocycles. The summed E-state index contributed by atoms with van der Waals surface area (Å²) >= 11 is 0. The van der Waals surface area contributed by atoms with E-state index in [1.54, 1.807) is 20.8 Å². The molecule has 1 unspecified atom stereocenters. The molecule has 0 bridgehead atoms. The van der Waals surface area contributed by atoms with Crippen LogP contribution in [0.1, 0.15) is 75.2 Å². The van der Waals surface area contributed by atoms with Crippen molar-refractivity contribution in [2.75, 3.05) is 26.4 Å². The lowest BCUT2D eigenvalue weighted by atomic mass is 9.59. The van der Waals surface area contributed by atoms with Gasteiger partial charge in [-0.1, -0.05) is 41.5 Å². The van der Waals surface area contributed by atoms with Gasteiger partial charge in [0.25, 0.3) is 0 Å². The van der Waals surface area contributed by atoms with Crippen LogP contribution in [0.5, 0.6) is 0 Å². The van der Waals surface area contributed by atoms with E-state index in [2.05, 4.69) is 5.32 Å². The predicted octanol–water partition coefficient (Wildman–Crippen LogP) is 3.10. The third-order valence-corrected chi connectivity index (χ3v) is 5.02. The monoisotopic (exact) mass is 461 g/mol. The largest absolute Gasteiger partial charge is 0.481 e. The number of carboxylic acids is 2. The van der Waals surface area contributed by atoms with E-state index in [9.17, 15) is 14.4 Å². The average molecular weight is 462 g/mol. The first kappa shape index (κ1) is 30.3. The van der Waals surface area contributed by atoms with Gasteiger partial charge in [-0.3, -0.25) is 19.7 Å². The maximum absolute atomic E-state index is 12.4. The fraction of sp³-hybridized carbons (Fsp3) is 0.870. The highest BCUT2D eigenvalue weighted by atomic mass is 16.6. The van der Waals surface area contributed by atoms with Gasteiger partial charge in [0, 0.05) is 0 Å². The van der Waals surface area contributed by atoms with Crippen molar-refractivity contribution in [2.45, 2.75) is 92.4 Å². The number of ether oxygens (including phenoxy) is 3. The quantitative estimate of drug-likeness (QED) is 0.280. The molecule has 0 aliphatic rings. The third kappa shape index (κ3) is 9.83. The highest BCUT2D eigenvalue weighted by Crippen LogP contribution is 2.49. The summed E-state index contributed by atoms with van der Waals surface area (Å²) in [5.74, 6) is -2.40. The van der Waals surface area contributed by atoms with Crippen molar-refractivity contribution in [3.63, 3.8) is 0 Å². The molecule has 0 heterocycles. The lowest BCUT2D eigenvalue weighted by molar-refractivity contribution is -0.210. The highest BCUT2D eigenvalue weighted by Gasteiger charge is 2.57. The molecule has 9 heteroatoms. The highest BCUT2D eigenvalue weighted by molar-refractivity contribution is 5.72. The fourth-order valence-corrected chi connectivity index (χ4v) is 4.27. The molecule has 9 nitrogen and oxygen atoms in total. The molecule has 3 N–H and O–H groups in total. The van der Waals surface area contributed by atoms with Crippen LogP contribution in [-0.4, -0.2) is 71.7 Å². The number of hydrogen-bond donors (Lipinski definition) is 3. The summed E-state index contributed by atoms with van der Waals surface area (Å²) in [6.45, 7) is 17.2. The molecule has 0 aromatic carbocycles. The van der Waals surface area contributed by atoms with Gasteiger partial charge in [-0.15, -0.1) is 0 Å². The van der Waals surface area contributed by atoms with E-state index in [0.29, 0.717) is 0 Å². The topological polar surface area (TPSA) is 131 Å². The number of rotatable bonds is 13. The van der Waals surface area contributed by atoms with Crippen LogP contribution in [0.25, 0.3) is 0 Å². The summed E-state index contributed by atoms with van der Waals surface area (Å²) in [4.78, 5) is 34.4. The summed E-state index contributed by atoms with van der Waals surface area (Å²) in [5, 5.41) is 21.2. The number of carbonyl (C=O) groups excluding carboxylic acids is 1. The molecule has 188 valence electrons. The number of nitrogens with one attached hydrogen (secondary N) is 1. The zero-order valence-corrected chi connectivity index (χ0v) is 21.2. The lowest BCUT2D eigenvalue weighted by Crippen LogP contribution is -2.68. The van der Waals surface area contributed by atoms with Gasteiger partial charge in [0.2, 0.25) is 0 Å². The van der Waals surface area contributed by atoms with Gasteiger partial charge in [-0.05, 0) is 31.6 Å². The van der Waals surface area contributed by atoms with Crippen LogP contribution in [-0.2, 0) is 28.6 Å². The van der Waals surface area contributed by atoms with Crippen molar-refractivity contribution < 1.29 is 38.8 Å². The van der Waals surface area contributed by atoms with Crippen LogP contribution in [0.2, 0.25) is 0 Å². The molecule has 0 saturated heterocycles. The van der Waals surface area contributed by atoms with Crippen LogP contribution in [0.15, 0.2) is 0 Å². The van der Waals surface area contributed by atoms with Crippen LogP contribution < -0.4 is 5.32 Å². The Balaban J connectivity index is 6.01. The molecule has 0 saturated carbocycles. The van der Waals surface area contributed by atoms with Crippen molar-refractivity contribution in [2.24, 2.45) is 10.8 Å². The molecule has 0 aromatic rings. The number of aliphatic carboxylic acids is 2. The smallest absolute Gasteiger partial charge is 0.320 e. The second kappa shape index (κ2) is 12.0.